The minimum Gasteiger partial charge on any atom is -0.478 e. The van der Waals surface area contributed by atoms with Crippen molar-refractivity contribution in [3.8, 4) is 0 Å². The minimum absolute atomic E-state index is 0.0155. The third kappa shape index (κ3) is 4.16. The van der Waals surface area contributed by atoms with Gasteiger partial charge in [-0.1, -0.05) is 25.1 Å². The maximum absolute atomic E-state index is 11.4. The molecule has 4 nitrogen and oxygen atoms in total. The highest BCUT2D eigenvalue weighted by Crippen LogP contribution is 2.19. The number of nitrogens with zero attached hydrogens (tertiary/aromatic N) is 1. The van der Waals surface area contributed by atoms with Crippen LogP contribution >= 0.6 is 11.3 Å². The average molecular weight is 319 g/mol. The molecule has 0 saturated heterocycles. The van der Waals surface area contributed by atoms with Crippen LogP contribution in [0.2, 0.25) is 0 Å². The first-order valence-electron chi connectivity index (χ1n) is 7.32. The van der Waals surface area contributed by atoms with Crippen molar-refractivity contribution in [2.24, 2.45) is 0 Å². The molecule has 1 aromatic carbocycles. The molecule has 0 saturated carbocycles. The van der Waals surface area contributed by atoms with E-state index >= 15 is 0 Å². The smallest absolute Gasteiger partial charge is 0.336 e. The summed E-state index contributed by atoms with van der Waals surface area (Å²) in [5.74, 6) is -0.914. The fourth-order valence-corrected chi connectivity index (χ4v) is 3.18. The van der Waals surface area contributed by atoms with Crippen molar-refractivity contribution < 1.29 is 15.0 Å². The second kappa shape index (κ2) is 8.08. The molecule has 1 aromatic heterocycles. The molecule has 118 valence electrons. The van der Waals surface area contributed by atoms with Gasteiger partial charge in [-0.25, -0.2) is 4.79 Å². The fourth-order valence-electron chi connectivity index (χ4n) is 2.52. The number of aromatic carboxylic acids is 1. The Bertz CT molecular complexity index is 594. The van der Waals surface area contributed by atoms with Crippen LogP contribution in [0.15, 0.2) is 41.1 Å². The molecule has 2 N–H and O–H groups in total. The summed E-state index contributed by atoms with van der Waals surface area (Å²) in [6.45, 7) is 3.31. The van der Waals surface area contributed by atoms with Crippen LogP contribution in [0.5, 0.6) is 0 Å². The lowest BCUT2D eigenvalue weighted by atomic mass is 10.1. The Hall–Kier alpha value is -1.69. The summed E-state index contributed by atoms with van der Waals surface area (Å²) in [5, 5.41) is 23.1. The van der Waals surface area contributed by atoms with Gasteiger partial charge in [0.05, 0.1) is 12.2 Å². The lowest BCUT2D eigenvalue weighted by molar-refractivity contribution is 0.0691. The quantitative estimate of drug-likeness (QED) is 0.784. The summed E-state index contributed by atoms with van der Waals surface area (Å²) >= 11 is 1.64. The van der Waals surface area contributed by atoms with Gasteiger partial charge in [0.15, 0.2) is 0 Å². The maximum Gasteiger partial charge on any atom is 0.336 e. The average Bonchev–Trinajstić information content (AvgIpc) is 3.01. The van der Waals surface area contributed by atoms with Crippen LogP contribution in [0.1, 0.15) is 34.8 Å². The van der Waals surface area contributed by atoms with E-state index < -0.39 is 5.97 Å². The van der Waals surface area contributed by atoms with Gasteiger partial charge in [0.1, 0.15) is 0 Å². The van der Waals surface area contributed by atoms with Gasteiger partial charge < -0.3 is 10.2 Å². The topological polar surface area (TPSA) is 60.8 Å². The predicted molar refractivity (Wildman–Crippen MR) is 88.1 cm³/mol. The normalized spacial score (nSPS) is 12.5. The zero-order valence-corrected chi connectivity index (χ0v) is 13.4. The molecule has 0 aliphatic heterocycles. The molecular weight excluding hydrogens is 298 g/mol. The number of carbonyl (C=O) groups is 1. The molecule has 2 aromatic rings. The zero-order valence-electron chi connectivity index (χ0n) is 12.6. The lowest BCUT2D eigenvalue weighted by Crippen LogP contribution is -2.36. The first kappa shape index (κ1) is 16.7. The Labute approximate surface area is 134 Å². The van der Waals surface area contributed by atoms with E-state index in [1.165, 1.54) is 5.56 Å². The number of aliphatic hydroxyl groups is 1. The summed E-state index contributed by atoms with van der Waals surface area (Å²) in [7, 11) is 0. The van der Waals surface area contributed by atoms with Gasteiger partial charge >= 0.3 is 5.97 Å². The van der Waals surface area contributed by atoms with Gasteiger partial charge in [-0.2, -0.15) is 11.3 Å². The molecule has 22 heavy (non-hydrogen) atoms. The SMILES string of the molecule is CC[C@H](CO)N(Cc1ccsc1)Cc1ccccc1C(=O)O. The third-order valence-corrected chi connectivity index (χ3v) is 4.52. The monoisotopic (exact) mass is 319 g/mol. The van der Waals surface area contributed by atoms with Gasteiger partial charge in [-0.05, 0) is 40.4 Å². The van der Waals surface area contributed by atoms with Gasteiger partial charge in [0.2, 0.25) is 0 Å². The summed E-state index contributed by atoms with van der Waals surface area (Å²) in [5.41, 5.74) is 2.28. The molecule has 5 heteroatoms. The number of aliphatic hydroxyl groups excluding tert-OH is 1. The minimum atomic E-state index is -0.914. The fraction of sp³-hybridized carbons (Fsp3) is 0.353. The number of hydrogen-bond acceptors (Lipinski definition) is 4. The van der Waals surface area contributed by atoms with Crippen LogP contribution < -0.4 is 0 Å². The van der Waals surface area contributed by atoms with E-state index in [0.717, 1.165) is 12.0 Å². The molecule has 1 heterocycles. The Morgan fingerprint density at radius 2 is 2.05 bits per heavy atom. The molecule has 0 aliphatic rings. The van der Waals surface area contributed by atoms with Crippen LogP contribution in [-0.4, -0.2) is 33.7 Å². The largest absolute Gasteiger partial charge is 0.478 e. The van der Waals surface area contributed by atoms with Crippen LogP contribution in [0, 0.1) is 0 Å². The number of benzene rings is 1. The number of thiophene rings is 1. The number of hydrogen-bond donors (Lipinski definition) is 2. The summed E-state index contributed by atoms with van der Waals surface area (Å²) < 4.78 is 0. The summed E-state index contributed by atoms with van der Waals surface area (Å²) in [6.07, 6.45) is 0.815. The third-order valence-electron chi connectivity index (χ3n) is 3.79. The van der Waals surface area contributed by atoms with Crippen LogP contribution in [0.3, 0.4) is 0 Å². The van der Waals surface area contributed by atoms with Gasteiger partial charge in [0.25, 0.3) is 0 Å². The highest BCUT2D eigenvalue weighted by molar-refractivity contribution is 7.07. The van der Waals surface area contributed by atoms with Crippen molar-refractivity contribution in [1.82, 2.24) is 4.90 Å². The predicted octanol–water partition coefficient (Wildman–Crippen LogP) is 3.22. The van der Waals surface area contributed by atoms with Crippen LogP contribution in [0.4, 0.5) is 0 Å². The van der Waals surface area contributed by atoms with Crippen molar-refractivity contribution in [1.29, 1.82) is 0 Å². The van der Waals surface area contributed by atoms with Gasteiger partial charge in [-0.3, -0.25) is 4.90 Å². The molecule has 0 unspecified atom stereocenters. The first-order chi connectivity index (χ1) is 10.7. The molecule has 0 spiro atoms. The molecule has 1 atom stereocenters. The summed E-state index contributed by atoms with van der Waals surface area (Å²) in [6, 6.07) is 9.13. The van der Waals surface area contributed by atoms with E-state index in [4.69, 9.17) is 0 Å². The molecular formula is C17H21NO3S. The second-order valence-corrected chi connectivity index (χ2v) is 6.02. The Morgan fingerprint density at radius 3 is 2.64 bits per heavy atom. The second-order valence-electron chi connectivity index (χ2n) is 5.24. The van der Waals surface area contributed by atoms with Crippen molar-refractivity contribution >= 4 is 17.3 Å². The molecule has 2 rings (SSSR count). The highest BCUT2D eigenvalue weighted by atomic mass is 32.1. The number of carboxylic acid groups (broad SMARTS) is 1. The maximum atomic E-state index is 11.4. The van der Waals surface area contributed by atoms with E-state index in [2.05, 4.69) is 16.3 Å². The highest BCUT2D eigenvalue weighted by Gasteiger charge is 2.19. The van der Waals surface area contributed by atoms with Crippen LogP contribution in [-0.2, 0) is 13.1 Å². The molecule has 0 fully saturated rings. The molecule has 0 bridgehead atoms. The standard InChI is InChI=1S/C17H21NO3S/c1-2-15(11-19)18(9-13-7-8-22-12-13)10-14-5-3-4-6-16(14)17(20)21/h3-8,12,15,19H,2,9-11H2,1H3,(H,20,21)/t15-/m1/s1. The zero-order chi connectivity index (χ0) is 15.9. The number of rotatable bonds is 8. The molecule has 0 aliphatic carbocycles. The van der Waals surface area contributed by atoms with E-state index in [0.29, 0.717) is 18.7 Å². The van der Waals surface area contributed by atoms with Crippen molar-refractivity contribution in [2.75, 3.05) is 6.61 Å². The van der Waals surface area contributed by atoms with Crippen molar-refractivity contribution in [2.45, 2.75) is 32.5 Å². The van der Waals surface area contributed by atoms with E-state index in [9.17, 15) is 15.0 Å². The van der Waals surface area contributed by atoms with Crippen molar-refractivity contribution in [3.63, 3.8) is 0 Å². The van der Waals surface area contributed by atoms with E-state index in [1.54, 1.807) is 23.5 Å². The lowest BCUT2D eigenvalue weighted by Gasteiger charge is -2.30. The van der Waals surface area contributed by atoms with E-state index in [-0.39, 0.29) is 12.6 Å². The van der Waals surface area contributed by atoms with Gasteiger partial charge in [-0.15, -0.1) is 0 Å². The van der Waals surface area contributed by atoms with Gasteiger partial charge in [0, 0.05) is 19.1 Å². The first-order valence-corrected chi connectivity index (χ1v) is 8.27. The Kier molecular flexibility index (Phi) is 6.12. The molecule has 0 radical (unpaired) electrons. The Balaban J connectivity index is 2.24. The molecule has 0 amide bonds. The number of carboxylic acids is 1. The van der Waals surface area contributed by atoms with E-state index in [1.807, 2.05) is 24.4 Å². The Morgan fingerprint density at radius 1 is 1.27 bits per heavy atom. The van der Waals surface area contributed by atoms with Crippen LogP contribution in [0.25, 0.3) is 0 Å². The van der Waals surface area contributed by atoms with Crippen molar-refractivity contribution in [3.05, 3.63) is 57.8 Å². The summed E-state index contributed by atoms with van der Waals surface area (Å²) in [4.78, 5) is 13.5.